The van der Waals surface area contributed by atoms with Crippen molar-refractivity contribution in [1.29, 1.82) is 0 Å². The summed E-state index contributed by atoms with van der Waals surface area (Å²) in [4.78, 5) is 11.4. The van der Waals surface area contributed by atoms with E-state index in [-0.39, 0.29) is 0 Å². The summed E-state index contributed by atoms with van der Waals surface area (Å²) in [6.07, 6.45) is 6.70. The fourth-order valence-corrected chi connectivity index (χ4v) is 3.92. The van der Waals surface area contributed by atoms with Crippen molar-refractivity contribution in [2.75, 3.05) is 44.4 Å². The summed E-state index contributed by atoms with van der Waals surface area (Å²) in [5, 5.41) is 6.51. The molecule has 1 aromatic heterocycles. The van der Waals surface area contributed by atoms with E-state index >= 15 is 0 Å². The Morgan fingerprint density at radius 1 is 1.11 bits per heavy atom. The number of nitrogens with one attached hydrogen (secondary N) is 2. The summed E-state index contributed by atoms with van der Waals surface area (Å²) < 4.78 is 6.11. The van der Waals surface area contributed by atoms with Gasteiger partial charge in [0.25, 0.3) is 0 Å². The molecule has 0 unspecified atom stereocenters. The summed E-state index contributed by atoms with van der Waals surface area (Å²) in [5.41, 5.74) is 5.82. The van der Waals surface area contributed by atoms with Gasteiger partial charge in [0, 0.05) is 36.6 Å². The molecule has 0 aliphatic carbocycles. The maximum absolute atomic E-state index is 6.11. The number of allylic oxidation sites excluding steroid dienone is 1. The largest absolute Gasteiger partial charge is 0.493 e. The maximum Gasteiger partial charge on any atom is 0.229 e. The molecule has 6 nitrogen and oxygen atoms in total. The predicted molar refractivity (Wildman–Crippen MR) is 115 cm³/mol. The third-order valence-corrected chi connectivity index (χ3v) is 5.35. The van der Waals surface area contributed by atoms with Crippen molar-refractivity contribution in [2.24, 2.45) is 0 Å². The molecule has 0 saturated heterocycles. The van der Waals surface area contributed by atoms with E-state index in [1.165, 1.54) is 23.1 Å². The monoisotopic (exact) mass is 379 g/mol. The molecule has 2 aromatic rings. The van der Waals surface area contributed by atoms with Crippen LogP contribution in [0, 0.1) is 6.92 Å². The zero-order valence-electron chi connectivity index (χ0n) is 17.0. The lowest BCUT2D eigenvalue weighted by Gasteiger charge is -2.23. The van der Waals surface area contributed by atoms with Gasteiger partial charge >= 0.3 is 0 Å². The number of hydrogen-bond acceptors (Lipinski definition) is 6. The maximum atomic E-state index is 6.11. The van der Waals surface area contributed by atoms with Crippen molar-refractivity contribution in [2.45, 2.75) is 32.6 Å². The Bertz CT molecular complexity index is 893. The van der Waals surface area contributed by atoms with Gasteiger partial charge in [-0.15, -0.1) is 0 Å². The van der Waals surface area contributed by atoms with Gasteiger partial charge < -0.3 is 20.3 Å². The van der Waals surface area contributed by atoms with Gasteiger partial charge in [-0.25, -0.2) is 4.98 Å². The highest BCUT2D eigenvalue weighted by molar-refractivity contribution is 5.77. The van der Waals surface area contributed by atoms with Gasteiger partial charge in [0.1, 0.15) is 11.6 Å². The van der Waals surface area contributed by atoms with Crippen LogP contribution < -0.4 is 15.4 Å². The highest BCUT2D eigenvalue weighted by Crippen LogP contribution is 2.39. The fourth-order valence-electron chi connectivity index (χ4n) is 3.92. The summed E-state index contributed by atoms with van der Waals surface area (Å²) in [7, 11) is 4.05. The van der Waals surface area contributed by atoms with Crippen molar-refractivity contribution in [3.05, 3.63) is 41.1 Å². The number of fused-ring (bicyclic) bond motifs is 1. The minimum atomic E-state index is 0.613. The zero-order chi connectivity index (χ0) is 19.5. The van der Waals surface area contributed by atoms with Crippen LogP contribution in [0.2, 0.25) is 0 Å². The highest BCUT2D eigenvalue weighted by Gasteiger charge is 2.20. The van der Waals surface area contributed by atoms with Crippen LogP contribution in [-0.2, 0) is 6.42 Å². The quantitative estimate of drug-likeness (QED) is 0.837. The van der Waals surface area contributed by atoms with Gasteiger partial charge in [-0.05, 0) is 69.5 Å². The lowest BCUT2D eigenvalue weighted by atomic mass is 9.94. The molecule has 0 fully saturated rings. The third-order valence-electron chi connectivity index (χ3n) is 5.35. The van der Waals surface area contributed by atoms with Crippen LogP contribution >= 0.6 is 0 Å². The molecule has 0 spiro atoms. The zero-order valence-corrected chi connectivity index (χ0v) is 17.0. The molecule has 0 bridgehead atoms. The second-order valence-corrected chi connectivity index (χ2v) is 7.65. The van der Waals surface area contributed by atoms with Crippen molar-refractivity contribution in [3.63, 3.8) is 0 Å². The first-order chi connectivity index (χ1) is 13.6. The average Bonchev–Trinajstić information content (AvgIpc) is 2.91. The lowest BCUT2D eigenvalue weighted by molar-refractivity contribution is 0.287. The summed E-state index contributed by atoms with van der Waals surface area (Å²) in [5.74, 6) is 2.49. The lowest BCUT2D eigenvalue weighted by Crippen LogP contribution is -2.17. The SMILES string of the molecule is CNc1cc(C)nc(Nc2cc3c(c(C4=CCN(C)CCC4)c2)OCCC3)n1. The Morgan fingerprint density at radius 3 is 2.86 bits per heavy atom. The number of likely N-dealkylation sites (N-methyl/N-ethyl adjacent to an activating group) is 1. The van der Waals surface area contributed by atoms with E-state index < -0.39 is 0 Å². The van der Waals surface area contributed by atoms with E-state index in [4.69, 9.17) is 4.74 Å². The van der Waals surface area contributed by atoms with Gasteiger partial charge in [-0.3, -0.25) is 0 Å². The van der Waals surface area contributed by atoms with Crippen LogP contribution in [0.25, 0.3) is 5.57 Å². The number of aryl methyl sites for hydroxylation is 2. The number of anilines is 3. The minimum Gasteiger partial charge on any atom is -0.493 e. The van der Waals surface area contributed by atoms with Crippen molar-refractivity contribution in [3.8, 4) is 5.75 Å². The Hall–Kier alpha value is -2.60. The minimum absolute atomic E-state index is 0.613. The Labute approximate surface area is 167 Å². The fraction of sp³-hybridized carbons (Fsp3) is 0.455. The predicted octanol–water partition coefficient (Wildman–Crippen LogP) is 4.00. The highest BCUT2D eigenvalue weighted by atomic mass is 16.5. The van der Waals surface area contributed by atoms with Crippen LogP contribution in [0.4, 0.5) is 17.5 Å². The van der Waals surface area contributed by atoms with Crippen molar-refractivity contribution in [1.82, 2.24) is 14.9 Å². The van der Waals surface area contributed by atoms with Gasteiger partial charge in [0.2, 0.25) is 5.95 Å². The Balaban J connectivity index is 1.72. The molecule has 3 heterocycles. The van der Waals surface area contributed by atoms with E-state index in [2.05, 4.69) is 50.8 Å². The van der Waals surface area contributed by atoms with Gasteiger partial charge in [0.15, 0.2) is 0 Å². The normalized spacial score (nSPS) is 17.2. The summed E-state index contributed by atoms with van der Waals surface area (Å²) in [6.45, 7) is 4.89. The molecule has 2 aliphatic heterocycles. The number of rotatable bonds is 4. The molecule has 0 radical (unpaired) electrons. The Morgan fingerprint density at radius 2 is 2.00 bits per heavy atom. The van der Waals surface area contributed by atoms with Gasteiger partial charge in [-0.1, -0.05) is 6.08 Å². The number of benzene rings is 1. The topological polar surface area (TPSA) is 62.3 Å². The van der Waals surface area contributed by atoms with Crippen molar-refractivity contribution >= 4 is 23.0 Å². The standard InChI is InChI=1S/C22H29N5O/c1-15-12-20(23-2)26-22(24-15)25-18-13-17-7-5-11-28-21(17)19(14-18)16-6-4-9-27(3)10-8-16/h8,12-14H,4-7,9-11H2,1-3H3,(H2,23,24,25,26). The van der Waals surface area contributed by atoms with Crippen LogP contribution in [0.5, 0.6) is 5.75 Å². The number of ether oxygens (including phenoxy) is 1. The summed E-state index contributed by atoms with van der Waals surface area (Å²) >= 11 is 0. The number of aromatic nitrogens is 2. The first-order valence-corrected chi connectivity index (χ1v) is 10.1. The first kappa shape index (κ1) is 18.7. The number of hydrogen-bond donors (Lipinski definition) is 2. The molecular formula is C22H29N5O. The molecule has 148 valence electrons. The molecule has 28 heavy (non-hydrogen) atoms. The van der Waals surface area contributed by atoms with Crippen molar-refractivity contribution < 1.29 is 4.74 Å². The van der Waals surface area contributed by atoms with Crippen LogP contribution in [0.3, 0.4) is 0 Å². The smallest absolute Gasteiger partial charge is 0.229 e. The molecule has 6 heteroatoms. The average molecular weight is 380 g/mol. The van der Waals surface area contributed by atoms with E-state index in [0.29, 0.717) is 5.95 Å². The molecule has 2 aliphatic rings. The van der Waals surface area contributed by atoms with E-state index in [9.17, 15) is 0 Å². The van der Waals surface area contributed by atoms with E-state index in [1.807, 2.05) is 20.0 Å². The van der Waals surface area contributed by atoms with Crippen LogP contribution in [-0.4, -0.2) is 48.7 Å². The molecule has 0 saturated carbocycles. The number of nitrogens with zero attached hydrogens (tertiary/aromatic N) is 3. The molecule has 0 amide bonds. The van der Waals surface area contributed by atoms with Gasteiger partial charge in [-0.2, -0.15) is 4.98 Å². The van der Waals surface area contributed by atoms with Gasteiger partial charge in [0.05, 0.1) is 6.61 Å². The van der Waals surface area contributed by atoms with Crippen LogP contribution in [0.15, 0.2) is 24.3 Å². The third kappa shape index (κ3) is 4.12. The van der Waals surface area contributed by atoms with E-state index in [1.54, 1.807) is 0 Å². The molecule has 2 N–H and O–H groups in total. The first-order valence-electron chi connectivity index (χ1n) is 10.1. The van der Waals surface area contributed by atoms with E-state index in [0.717, 1.165) is 61.9 Å². The molecular weight excluding hydrogens is 350 g/mol. The molecule has 1 aromatic carbocycles. The summed E-state index contributed by atoms with van der Waals surface area (Å²) in [6, 6.07) is 6.32. The molecule has 4 rings (SSSR count). The second kappa shape index (κ2) is 8.19. The second-order valence-electron chi connectivity index (χ2n) is 7.65. The Kier molecular flexibility index (Phi) is 5.48. The molecule has 0 atom stereocenters. The van der Waals surface area contributed by atoms with Crippen LogP contribution in [0.1, 0.15) is 36.1 Å².